The number of phenols is 1. The second kappa shape index (κ2) is 10.2. The van der Waals surface area contributed by atoms with Gasteiger partial charge >= 0.3 is 0 Å². The molecular formula is C25H28N2O7S. The van der Waals surface area contributed by atoms with Gasteiger partial charge in [-0.3, -0.25) is 9.59 Å². The van der Waals surface area contributed by atoms with Crippen LogP contribution < -0.4 is 0 Å². The number of amides is 1. The molecule has 4 rings (SSSR count). The molecule has 2 aromatic rings. The number of likely N-dealkylation sites (tertiary alicyclic amines) is 1. The summed E-state index contributed by atoms with van der Waals surface area (Å²) in [5.74, 6) is -2.00. The maximum absolute atomic E-state index is 13.0. The van der Waals surface area contributed by atoms with Gasteiger partial charge in [0.25, 0.3) is 11.7 Å². The first-order valence-electron chi connectivity index (χ1n) is 11.4. The Morgan fingerprint density at radius 1 is 1.00 bits per heavy atom. The van der Waals surface area contributed by atoms with Gasteiger partial charge < -0.3 is 19.8 Å². The summed E-state index contributed by atoms with van der Waals surface area (Å²) in [7, 11) is -2.17. The number of rotatable bonds is 7. The Labute approximate surface area is 204 Å². The first-order valence-corrected chi connectivity index (χ1v) is 12.9. The lowest BCUT2D eigenvalue weighted by Gasteiger charge is -2.26. The molecule has 10 heteroatoms. The topological polar surface area (TPSA) is 124 Å². The van der Waals surface area contributed by atoms with E-state index in [0.717, 1.165) is 19.3 Å². The summed E-state index contributed by atoms with van der Waals surface area (Å²) in [6.45, 7) is 1.25. The zero-order valence-corrected chi connectivity index (χ0v) is 20.2. The Morgan fingerprint density at radius 3 is 2.23 bits per heavy atom. The number of carbonyl (C=O) groups excluding carboxylic acids is 2. The first-order chi connectivity index (χ1) is 16.8. The van der Waals surface area contributed by atoms with E-state index in [2.05, 4.69) is 0 Å². The third-order valence-corrected chi connectivity index (χ3v) is 8.28. The summed E-state index contributed by atoms with van der Waals surface area (Å²) >= 11 is 0. The average molecular weight is 501 g/mol. The number of ether oxygens (including phenoxy) is 1. The zero-order chi connectivity index (χ0) is 25.2. The van der Waals surface area contributed by atoms with Gasteiger partial charge in [0.05, 0.1) is 23.1 Å². The minimum atomic E-state index is -3.65. The van der Waals surface area contributed by atoms with Crippen LogP contribution in [0.25, 0.3) is 5.76 Å². The van der Waals surface area contributed by atoms with Crippen molar-refractivity contribution in [3.05, 3.63) is 65.2 Å². The quantitative estimate of drug-likeness (QED) is 0.340. The zero-order valence-electron chi connectivity index (χ0n) is 19.4. The lowest BCUT2D eigenvalue weighted by Crippen LogP contribution is -2.35. The molecule has 2 aromatic carbocycles. The molecule has 0 bridgehead atoms. The summed E-state index contributed by atoms with van der Waals surface area (Å²) in [6, 6.07) is 10.8. The third kappa shape index (κ3) is 4.82. The average Bonchev–Trinajstić information content (AvgIpc) is 3.13. The number of piperidine rings is 1. The van der Waals surface area contributed by atoms with Crippen molar-refractivity contribution in [2.24, 2.45) is 0 Å². The molecule has 186 valence electrons. The van der Waals surface area contributed by atoms with Gasteiger partial charge in [0.2, 0.25) is 10.0 Å². The second-order valence-electron chi connectivity index (χ2n) is 8.57. The minimum Gasteiger partial charge on any atom is -0.508 e. The SMILES string of the molecule is COCCN1C(=O)C(=O)/C(=C(/O)c2ccc(S(=O)(=O)N3CCCCC3)cc2)C1c1ccc(O)cc1. The molecule has 0 radical (unpaired) electrons. The van der Waals surface area contributed by atoms with E-state index < -0.39 is 33.5 Å². The molecule has 2 saturated heterocycles. The van der Waals surface area contributed by atoms with Gasteiger partial charge in [0, 0.05) is 32.3 Å². The Morgan fingerprint density at radius 2 is 1.63 bits per heavy atom. The van der Waals surface area contributed by atoms with E-state index in [1.54, 1.807) is 12.1 Å². The fourth-order valence-corrected chi connectivity index (χ4v) is 6.02. The van der Waals surface area contributed by atoms with Crippen molar-refractivity contribution in [2.75, 3.05) is 33.4 Å². The van der Waals surface area contributed by atoms with Crippen LogP contribution >= 0.6 is 0 Å². The number of hydrogen-bond donors (Lipinski definition) is 2. The van der Waals surface area contributed by atoms with E-state index in [4.69, 9.17) is 4.74 Å². The van der Waals surface area contributed by atoms with E-state index in [0.29, 0.717) is 18.7 Å². The number of aliphatic hydroxyl groups is 1. The van der Waals surface area contributed by atoms with Gasteiger partial charge in [-0.25, -0.2) is 8.42 Å². The van der Waals surface area contributed by atoms with Crippen LogP contribution in [0.5, 0.6) is 5.75 Å². The largest absolute Gasteiger partial charge is 0.508 e. The molecule has 1 amide bonds. The van der Waals surface area contributed by atoms with Gasteiger partial charge in [-0.05, 0) is 54.8 Å². The van der Waals surface area contributed by atoms with Crippen LogP contribution in [0.1, 0.15) is 36.4 Å². The van der Waals surface area contributed by atoms with Gasteiger partial charge in [-0.2, -0.15) is 4.31 Å². The van der Waals surface area contributed by atoms with Crippen molar-refractivity contribution in [3.63, 3.8) is 0 Å². The molecule has 2 N–H and O–H groups in total. The third-order valence-electron chi connectivity index (χ3n) is 6.37. The van der Waals surface area contributed by atoms with Crippen LogP contribution in [0.2, 0.25) is 0 Å². The van der Waals surface area contributed by atoms with Crippen LogP contribution in [0.15, 0.2) is 59.0 Å². The van der Waals surface area contributed by atoms with E-state index in [9.17, 15) is 28.2 Å². The van der Waals surface area contributed by atoms with Gasteiger partial charge in [0.15, 0.2) is 0 Å². The summed E-state index contributed by atoms with van der Waals surface area (Å²) in [4.78, 5) is 27.2. The predicted octanol–water partition coefficient (Wildman–Crippen LogP) is 2.63. The molecule has 2 aliphatic rings. The van der Waals surface area contributed by atoms with Gasteiger partial charge in [-0.15, -0.1) is 0 Å². The van der Waals surface area contributed by atoms with Crippen molar-refractivity contribution >= 4 is 27.5 Å². The van der Waals surface area contributed by atoms with Crippen LogP contribution in [-0.4, -0.2) is 72.9 Å². The lowest BCUT2D eigenvalue weighted by molar-refractivity contribution is -0.140. The number of benzene rings is 2. The number of methoxy groups -OCH3 is 1. The lowest BCUT2D eigenvalue weighted by atomic mass is 9.95. The fraction of sp³-hybridized carbons (Fsp3) is 0.360. The highest BCUT2D eigenvalue weighted by atomic mass is 32.2. The number of phenolic OH excluding ortho intramolecular Hbond substituents is 1. The van der Waals surface area contributed by atoms with Crippen molar-refractivity contribution < 1.29 is 33.0 Å². The molecule has 9 nitrogen and oxygen atoms in total. The van der Waals surface area contributed by atoms with Crippen LogP contribution in [-0.2, 0) is 24.3 Å². The molecule has 1 unspecified atom stereocenters. The smallest absolute Gasteiger partial charge is 0.295 e. The van der Waals surface area contributed by atoms with Crippen molar-refractivity contribution in [3.8, 4) is 5.75 Å². The first kappa shape index (κ1) is 24.9. The Hall–Kier alpha value is -3.21. The highest BCUT2D eigenvalue weighted by molar-refractivity contribution is 7.89. The number of sulfonamides is 1. The molecule has 0 aromatic heterocycles. The normalized spacial score (nSPS) is 20.9. The van der Waals surface area contributed by atoms with E-state index in [1.165, 1.54) is 52.7 Å². The maximum Gasteiger partial charge on any atom is 0.295 e. The Balaban J connectivity index is 1.73. The highest BCUT2D eigenvalue weighted by Crippen LogP contribution is 2.39. The number of carbonyl (C=O) groups is 2. The standard InChI is InChI=1S/C25H28N2O7S/c1-34-16-15-27-22(17-5-9-19(28)10-6-17)21(24(30)25(27)31)23(29)18-7-11-20(12-8-18)35(32,33)26-13-3-2-4-14-26/h5-12,22,28-29H,2-4,13-16H2,1H3/b23-21+. The minimum absolute atomic E-state index is 0.0214. The maximum atomic E-state index is 13.0. The Kier molecular flexibility index (Phi) is 7.25. The molecule has 2 heterocycles. The van der Waals surface area contributed by atoms with Crippen molar-refractivity contribution in [1.29, 1.82) is 0 Å². The number of Topliss-reactive ketones (excluding diaryl/α,β-unsaturated/α-hetero) is 1. The van der Waals surface area contributed by atoms with E-state index in [1.807, 2.05) is 0 Å². The summed E-state index contributed by atoms with van der Waals surface area (Å²) in [5, 5.41) is 20.8. The van der Waals surface area contributed by atoms with Gasteiger partial charge in [-0.1, -0.05) is 18.6 Å². The summed E-state index contributed by atoms with van der Waals surface area (Å²) in [5.41, 5.74) is 0.642. The predicted molar refractivity (Wildman–Crippen MR) is 128 cm³/mol. The van der Waals surface area contributed by atoms with Crippen LogP contribution in [0.4, 0.5) is 0 Å². The molecule has 0 aliphatic carbocycles. The van der Waals surface area contributed by atoms with Crippen molar-refractivity contribution in [1.82, 2.24) is 9.21 Å². The van der Waals surface area contributed by atoms with Gasteiger partial charge in [0.1, 0.15) is 11.5 Å². The molecule has 0 spiro atoms. The molecular weight excluding hydrogens is 472 g/mol. The Bertz CT molecular complexity index is 1230. The monoisotopic (exact) mass is 500 g/mol. The number of aliphatic hydroxyl groups excluding tert-OH is 1. The summed E-state index contributed by atoms with van der Waals surface area (Å²) < 4.78 is 32.4. The molecule has 0 saturated carbocycles. The van der Waals surface area contributed by atoms with Crippen LogP contribution in [0, 0.1) is 0 Å². The molecule has 2 aliphatic heterocycles. The number of nitrogens with zero attached hydrogens (tertiary/aromatic N) is 2. The molecule has 35 heavy (non-hydrogen) atoms. The number of ketones is 1. The highest BCUT2D eigenvalue weighted by Gasteiger charge is 2.45. The fourth-order valence-electron chi connectivity index (χ4n) is 4.50. The van der Waals surface area contributed by atoms with E-state index in [-0.39, 0.29) is 34.9 Å². The van der Waals surface area contributed by atoms with Crippen LogP contribution in [0.3, 0.4) is 0 Å². The van der Waals surface area contributed by atoms with E-state index >= 15 is 0 Å². The summed E-state index contributed by atoms with van der Waals surface area (Å²) in [6.07, 6.45) is 2.64. The number of hydrogen-bond acceptors (Lipinski definition) is 7. The number of aromatic hydroxyl groups is 1. The molecule has 2 fully saturated rings. The second-order valence-corrected chi connectivity index (χ2v) is 10.5. The van der Waals surface area contributed by atoms with Crippen molar-refractivity contribution in [2.45, 2.75) is 30.2 Å². The molecule has 1 atom stereocenters.